The summed E-state index contributed by atoms with van der Waals surface area (Å²) >= 11 is 5.92. The van der Waals surface area contributed by atoms with Crippen molar-refractivity contribution in [1.29, 1.82) is 0 Å². The first-order valence-corrected chi connectivity index (χ1v) is 6.29. The highest BCUT2D eigenvalue weighted by Gasteiger charge is 2.22. The van der Waals surface area contributed by atoms with Crippen LogP contribution < -0.4 is 10.6 Å². The second-order valence-electron chi connectivity index (χ2n) is 4.69. The minimum absolute atomic E-state index is 0.494. The first-order valence-electron chi connectivity index (χ1n) is 5.91. The molecule has 0 radical (unpaired) electrons. The van der Waals surface area contributed by atoms with E-state index in [-0.39, 0.29) is 0 Å². The van der Waals surface area contributed by atoms with Crippen LogP contribution >= 0.6 is 11.6 Å². The first kappa shape index (κ1) is 12.5. The standard InChI is InChI=1S/C12H19ClN4/c1-16-7-5-9(6-8-16)17(2)12-10(14)3-4-11(13)15-12/h3-4,9H,5-8,14H2,1-2H3. The van der Waals surface area contributed by atoms with E-state index in [9.17, 15) is 0 Å². The molecule has 0 atom stereocenters. The predicted octanol–water partition coefficient (Wildman–Crippen LogP) is 1.85. The van der Waals surface area contributed by atoms with Gasteiger partial charge in [-0.15, -0.1) is 0 Å². The van der Waals surface area contributed by atoms with Crippen LogP contribution in [0, 0.1) is 0 Å². The lowest BCUT2D eigenvalue weighted by Crippen LogP contribution is -2.42. The highest BCUT2D eigenvalue weighted by molar-refractivity contribution is 6.29. The first-order chi connectivity index (χ1) is 8.08. The van der Waals surface area contributed by atoms with E-state index in [4.69, 9.17) is 17.3 Å². The smallest absolute Gasteiger partial charge is 0.153 e. The molecule has 0 saturated carbocycles. The lowest BCUT2D eigenvalue weighted by Gasteiger charge is -2.36. The van der Waals surface area contributed by atoms with Gasteiger partial charge in [-0.3, -0.25) is 0 Å². The van der Waals surface area contributed by atoms with Crippen LogP contribution in [0.2, 0.25) is 5.15 Å². The summed E-state index contributed by atoms with van der Waals surface area (Å²) in [6, 6.07) is 4.04. The summed E-state index contributed by atoms with van der Waals surface area (Å²) in [5.74, 6) is 0.798. The zero-order valence-electron chi connectivity index (χ0n) is 10.4. The lowest BCUT2D eigenvalue weighted by atomic mass is 10.0. The number of nitrogen functional groups attached to an aromatic ring is 1. The number of nitrogens with zero attached hydrogens (tertiary/aromatic N) is 3. The second-order valence-corrected chi connectivity index (χ2v) is 5.08. The van der Waals surface area contributed by atoms with Crippen LogP contribution in [0.1, 0.15) is 12.8 Å². The number of nitrogens with two attached hydrogens (primary N) is 1. The van der Waals surface area contributed by atoms with E-state index in [1.165, 1.54) is 0 Å². The molecule has 0 bridgehead atoms. The van der Waals surface area contributed by atoms with E-state index in [0.29, 0.717) is 16.9 Å². The minimum Gasteiger partial charge on any atom is -0.396 e. The Hall–Kier alpha value is -1.00. The van der Waals surface area contributed by atoms with Gasteiger partial charge in [-0.1, -0.05) is 11.6 Å². The fourth-order valence-corrected chi connectivity index (χ4v) is 2.42. The van der Waals surface area contributed by atoms with Crippen molar-refractivity contribution >= 4 is 23.1 Å². The van der Waals surface area contributed by atoms with Gasteiger partial charge in [0.1, 0.15) is 5.15 Å². The Balaban J connectivity index is 2.13. The van der Waals surface area contributed by atoms with E-state index in [1.54, 1.807) is 6.07 Å². The summed E-state index contributed by atoms with van der Waals surface area (Å²) in [5, 5.41) is 0.494. The van der Waals surface area contributed by atoms with Crippen molar-refractivity contribution in [2.24, 2.45) is 0 Å². The Kier molecular flexibility index (Phi) is 3.74. The molecular formula is C12H19ClN4. The Morgan fingerprint density at radius 3 is 2.71 bits per heavy atom. The topological polar surface area (TPSA) is 45.4 Å². The van der Waals surface area contributed by atoms with Gasteiger partial charge in [0, 0.05) is 13.1 Å². The van der Waals surface area contributed by atoms with Gasteiger partial charge in [0.05, 0.1) is 5.69 Å². The highest BCUT2D eigenvalue weighted by atomic mass is 35.5. The summed E-state index contributed by atoms with van der Waals surface area (Å²) in [5.41, 5.74) is 6.64. The molecule has 0 aromatic carbocycles. The van der Waals surface area contributed by atoms with Crippen molar-refractivity contribution in [3.8, 4) is 0 Å². The van der Waals surface area contributed by atoms with Crippen LogP contribution in [0.4, 0.5) is 11.5 Å². The molecule has 0 spiro atoms. The third kappa shape index (κ3) is 2.82. The maximum absolute atomic E-state index is 5.95. The number of aromatic nitrogens is 1. The average molecular weight is 255 g/mol. The number of pyridine rings is 1. The van der Waals surface area contributed by atoms with Gasteiger partial charge in [-0.05, 0) is 45.1 Å². The third-order valence-corrected chi connectivity index (χ3v) is 3.65. The number of rotatable bonds is 2. The molecule has 1 aromatic rings. The number of anilines is 2. The SMILES string of the molecule is CN1CCC(N(C)c2nc(Cl)ccc2N)CC1. The van der Waals surface area contributed by atoms with Gasteiger partial charge in [-0.2, -0.15) is 0 Å². The molecule has 0 unspecified atom stereocenters. The fraction of sp³-hybridized carbons (Fsp3) is 0.583. The Labute approximate surface area is 107 Å². The molecule has 5 heteroatoms. The Morgan fingerprint density at radius 1 is 1.41 bits per heavy atom. The lowest BCUT2D eigenvalue weighted by molar-refractivity contribution is 0.252. The molecule has 0 amide bonds. The molecule has 17 heavy (non-hydrogen) atoms. The highest BCUT2D eigenvalue weighted by Crippen LogP contribution is 2.26. The summed E-state index contributed by atoms with van der Waals surface area (Å²) in [6.45, 7) is 2.24. The molecule has 2 heterocycles. The summed E-state index contributed by atoms with van der Waals surface area (Å²) in [4.78, 5) is 8.83. The molecule has 2 rings (SSSR count). The van der Waals surface area contributed by atoms with Crippen LogP contribution in [0.15, 0.2) is 12.1 Å². The van der Waals surface area contributed by atoms with E-state index in [0.717, 1.165) is 31.7 Å². The summed E-state index contributed by atoms with van der Waals surface area (Å²) < 4.78 is 0. The average Bonchev–Trinajstić information content (AvgIpc) is 2.32. The van der Waals surface area contributed by atoms with Gasteiger partial charge in [0.25, 0.3) is 0 Å². The van der Waals surface area contributed by atoms with Crippen molar-refractivity contribution in [3.63, 3.8) is 0 Å². The summed E-state index contributed by atoms with van der Waals surface area (Å²) in [7, 11) is 4.20. The third-order valence-electron chi connectivity index (χ3n) is 3.44. The van der Waals surface area contributed by atoms with E-state index < -0.39 is 0 Å². The van der Waals surface area contributed by atoms with Crippen molar-refractivity contribution < 1.29 is 0 Å². The monoisotopic (exact) mass is 254 g/mol. The largest absolute Gasteiger partial charge is 0.396 e. The summed E-state index contributed by atoms with van der Waals surface area (Å²) in [6.07, 6.45) is 2.28. The zero-order chi connectivity index (χ0) is 12.4. The van der Waals surface area contributed by atoms with Crippen molar-refractivity contribution in [2.75, 3.05) is 37.8 Å². The quantitative estimate of drug-likeness (QED) is 0.819. The van der Waals surface area contributed by atoms with E-state index >= 15 is 0 Å². The minimum atomic E-state index is 0.494. The van der Waals surface area contributed by atoms with E-state index in [1.807, 2.05) is 13.1 Å². The Morgan fingerprint density at radius 2 is 2.06 bits per heavy atom. The maximum Gasteiger partial charge on any atom is 0.153 e. The van der Waals surface area contributed by atoms with Crippen LogP contribution in [-0.4, -0.2) is 43.1 Å². The molecule has 0 aliphatic carbocycles. The van der Waals surface area contributed by atoms with Crippen LogP contribution in [-0.2, 0) is 0 Å². The predicted molar refractivity (Wildman–Crippen MR) is 72.6 cm³/mol. The molecule has 1 saturated heterocycles. The van der Waals surface area contributed by atoms with Gasteiger partial charge in [-0.25, -0.2) is 4.98 Å². The fourth-order valence-electron chi connectivity index (χ4n) is 2.27. The Bertz CT molecular complexity index is 388. The van der Waals surface area contributed by atoms with Crippen LogP contribution in [0.25, 0.3) is 0 Å². The molecule has 1 fully saturated rings. The van der Waals surface area contributed by atoms with E-state index in [2.05, 4.69) is 21.8 Å². The number of hydrogen-bond acceptors (Lipinski definition) is 4. The molecule has 94 valence electrons. The van der Waals surface area contributed by atoms with Gasteiger partial charge >= 0.3 is 0 Å². The molecular weight excluding hydrogens is 236 g/mol. The molecule has 1 aliphatic heterocycles. The number of hydrogen-bond donors (Lipinski definition) is 1. The number of likely N-dealkylation sites (tertiary alicyclic amines) is 1. The molecule has 2 N–H and O–H groups in total. The van der Waals surface area contributed by atoms with Crippen LogP contribution in [0.3, 0.4) is 0 Å². The van der Waals surface area contributed by atoms with Crippen molar-refractivity contribution in [3.05, 3.63) is 17.3 Å². The van der Waals surface area contributed by atoms with Crippen molar-refractivity contribution in [1.82, 2.24) is 9.88 Å². The second kappa shape index (κ2) is 5.10. The zero-order valence-corrected chi connectivity index (χ0v) is 11.1. The maximum atomic E-state index is 5.95. The van der Waals surface area contributed by atoms with Gasteiger partial charge < -0.3 is 15.5 Å². The molecule has 1 aromatic heterocycles. The molecule has 4 nitrogen and oxygen atoms in total. The van der Waals surface area contributed by atoms with Gasteiger partial charge in [0.15, 0.2) is 5.82 Å². The van der Waals surface area contributed by atoms with Crippen LogP contribution in [0.5, 0.6) is 0 Å². The molecule has 1 aliphatic rings. The van der Waals surface area contributed by atoms with Crippen molar-refractivity contribution in [2.45, 2.75) is 18.9 Å². The van der Waals surface area contributed by atoms with Gasteiger partial charge in [0.2, 0.25) is 0 Å². The normalized spacial score (nSPS) is 18.3. The number of piperidine rings is 1. The number of halogens is 1.